The van der Waals surface area contributed by atoms with Crippen LogP contribution in [0.5, 0.6) is 5.75 Å². The molecule has 0 spiro atoms. The highest BCUT2D eigenvalue weighted by atomic mass is 32.2. The van der Waals surface area contributed by atoms with Crippen LogP contribution in [0.3, 0.4) is 0 Å². The molecule has 1 saturated heterocycles. The zero-order valence-electron chi connectivity index (χ0n) is 40.1. The van der Waals surface area contributed by atoms with Crippen LogP contribution < -0.4 is 49.1 Å². The monoisotopic (exact) mass is 998 g/mol. The van der Waals surface area contributed by atoms with Crippen molar-refractivity contribution >= 4 is 65.0 Å². The van der Waals surface area contributed by atoms with Crippen LogP contribution in [0.1, 0.15) is 76.8 Å². The third-order valence-corrected chi connectivity index (χ3v) is 12.3. The summed E-state index contributed by atoms with van der Waals surface area (Å²) in [4.78, 5) is 122. The van der Waals surface area contributed by atoms with Crippen molar-refractivity contribution in [1.82, 2.24) is 36.8 Å². The Bertz CT molecular complexity index is 2100. The number of aliphatic carboxylic acids is 1. The van der Waals surface area contributed by atoms with Crippen molar-refractivity contribution in [2.24, 2.45) is 23.1 Å². The van der Waals surface area contributed by atoms with E-state index in [0.717, 1.165) is 0 Å². The van der Waals surface area contributed by atoms with Gasteiger partial charge >= 0.3 is 5.97 Å². The van der Waals surface area contributed by atoms with Crippen molar-refractivity contribution in [3.05, 3.63) is 65.7 Å². The summed E-state index contributed by atoms with van der Waals surface area (Å²) in [6.45, 7) is 4.89. The molecule has 0 bridgehead atoms. The molecule has 1 aliphatic rings. The summed E-state index contributed by atoms with van der Waals surface area (Å²) in [6, 6.07) is 4.14. The van der Waals surface area contributed by atoms with Gasteiger partial charge in [-0.1, -0.05) is 56.3 Å². The van der Waals surface area contributed by atoms with Gasteiger partial charge in [0.05, 0.1) is 18.6 Å². The van der Waals surface area contributed by atoms with E-state index in [4.69, 9.17) is 17.2 Å². The molecule has 386 valence electrons. The largest absolute Gasteiger partial charge is 0.508 e. The van der Waals surface area contributed by atoms with Crippen LogP contribution >= 0.6 is 11.8 Å². The van der Waals surface area contributed by atoms with E-state index in [1.807, 2.05) is 0 Å². The predicted molar refractivity (Wildman–Crippen MR) is 260 cm³/mol. The van der Waals surface area contributed by atoms with Crippen molar-refractivity contribution in [3.63, 3.8) is 0 Å². The number of hydrogen-bond acceptors (Lipinski definition) is 14. The number of aliphatic hydroxyl groups excluding tert-OH is 1. The molecule has 70 heavy (non-hydrogen) atoms. The Hall–Kier alpha value is -6.30. The average Bonchev–Trinajstić information content (AvgIpc) is 3.81. The van der Waals surface area contributed by atoms with Gasteiger partial charge in [-0.15, -0.1) is 0 Å². The summed E-state index contributed by atoms with van der Waals surface area (Å²) in [5.41, 5.74) is 18.5. The number of aromatic hydroxyl groups is 1. The molecule has 2 aromatic rings. The van der Waals surface area contributed by atoms with Gasteiger partial charge in [0.15, 0.2) is 0 Å². The Morgan fingerprint density at radius 3 is 1.89 bits per heavy atom. The van der Waals surface area contributed by atoms with Crippen molar-refractivity contribution < 1.29 is 58.5 Å². The van der Waals surface area contributed by atoms with Crippen molar-refractivity contribution in [1.29, 1.82) is 0 Å². The number of nitrogens with one attached hydrogen (secondary N) is 6. The summed E-state index contributed by atoms with van der Waals surface area (Å²) in [7, 11) is 0. The van der Waals surface area contributed by atoms with E-state index in [0.29, 0.717) is 36.1 Å². The third kappa shape index (κ3) is 18.6. The normalized spacial score (nSPS) is 16.8. The lowest BCUT2D eigenvalue weighted by atomic mass is 10.00. The molecule has 0 aliphatic carbocycles. The fraction of sp³-hybridized carbons (Fsp3) is 0.553. The predicted octanol–water partition coefficient (Wildman–Crippen LogP) is -1.72. The second-order valence-electron chi connectivity index (χ2n) is 17.6. The molecule has 0 unspecified atom stereocenters. The maximum absolute atomic E-state index is 14.6. The fourth-order valence-corrected chi connectivity index (χ4v) is 8.19. The Labute approximate surface area is 411 Å². The van der Waals surface area contributed by atoms with E-state index >= 15 is 0 Å². The zero-order chi connectivity index (χ0) is 52.1. The number of nitrogens with two attached hydrogens (primary N) is 3. The number of thioether (sulfide) groups is 1. The second-order valence-corrected chi connectivity index (χ2v) is 18.6. The van der Waals surface area contributed by atoms with Crippen LogP contribution in [-0.4, -0.2) is 153 Å². The zero-order valence-corrected chi connectivity index (χ0v) is 40.9. The molecule has 8 amide bonds. The number of primary amides is 1. The van der Waals surface area contributed by atoms with Crippen molar-refractivity contribution in [2.45, 2.75) is 133 Å². The van der Waals surface area contributed by atoms with E-state index in [9.17, 15) is 58.5 Å². The maximum Gasteiger partial charge on any atom is 0.326 e. The number of nitrogens with zero attached hydrogens (tertiary/aromatic N) is 1. The minimum Gasteiger partial charge on any atom is -0.508 e. The van der Waals surface area contributed by atoms with Crippen LogP contribution in [0.15, 0.2) is 54.6 Å². The number of carbonyl (C=O) groups excluding carboxylic acids is 8. The number of amides is 8. The highest BCUT2D eigenvalue weighted by molar-refractivity contribution is 7.98. The van der Waals surface area contributed by atoms with Gasteiger partial charge in [0.2, 0.25) is 47.3 Å². The molecule has 9 atom stereocenters. The SMILES string of the molecule is CSCC[C@H](NC(=O)[C@H](CC(N)=O)NC(=O)[C@@H]1CCCN1C(=O)[C@H](Cc1ccccc1)NC(=O)[C@H](CCCCN)NC(=O)[C@@H](NC(=O)[C@@H](NC(=O)[C@@H](N)Cc1ccc(O)cc1)[C@@H](C)O)C(C)C)C(=O)O. The molecule has 22 nitrogen and oxygen atoms in total. The maximum atomic E-state index is 14.6. The molecule has 0 radical (unpaired) electrons. The molecule has 3 rings (SSSR count). The minimum absolute atomic E-state index is 0.0224. The van der Waals surface area contributed by atoms with Crippen molar-refractivity contribution in [3.8, 4) is 5.75 Å². The lowest BCUT2D eigenvalue weighted by molar-refractivity contribution is -0.144. The van der Waals surface area contributed by atoms with E-state index < -0.39 is 120 Å². The van der Waals surface area contributed by atoms with Gasteiger partial charge in [-0.2, -0.15) is 11.8 Å². The molecular formula is C47H70N10O12S. The fourth-order valence-electron chi connectivity index (χ4n) is 7.71. The molecule has 0 aromatic heterocycles. The standard InChI is InChI=1S/C47H70N10O12S/c1-26(2)38(55-45(66)39(27(3)58)56-40(61)31(49)23-29-15-17-30(59)18-16-29)44(65)51-32(13-8-9-20-48)41(62)54-35(24-28-11-6-5-7-12-28)46(67)57-21-10-14-36(57)43(64)53-34(25-37(50)60)42(63)52-33(47(68)69)19-22-70-4/h5-7,11-12,15-18,26-27,31-36,38-39,58-59H,8-10,13-14,19-25,48-49H2,1-4H3,(H2,50,60)(H,51,65)(H,52,63)(H,53,64)(H,54,62)(H,55,66)(H,56,61)(H,68,69)/t27-,31+,32+,33+,34+,35+,36+,38+,39+/m1/s1. The molecular weight excluding hydrogens is 929 g/mol. The van der Waals surface area contributed by atoms with E-state index in [1.54, 1.807) is 62.6 Å². The van der Waals surface area contributed by atoms with Crippen LogP contribution in [0.2, 0.25) is 0 Å². The number of carboxylic acids is 1. The molecule has 2 aromatic carbocycles. The second kappa shape index (κ2) is 29.0. The first-order valence-corrected chi connectivity index (χ1v) is 24.6. The number of phenolic OH excluding ortho intramolecular Hbond substituents is 1. The Morgan fingerprint density at radius 2 is 1.30 bits per heavy atom. The van der Waals surface area contributed by atoms with Gasteiger partial charge in [0.25, 0.3) is 0 Å². The lowest BCUT2D eigenvalue weighted by Crippen LogP contribution is -2.62. The number of carboxylic acid groups (broad SMARTS) is 1. The smallest absolute Gasteiger partial charge is 0.326 e. The van der Waals surface area contributed by atoms with Gasteiger partial charge in [-0.3, -0.25) is 38.4 Å². The van der Waals surface area contributed by atoms with Gasteiger partial charge in [-0.25, -0.2) is 4.79 Å². The van der Waals surface area contributed by atoms with Gasteiger partial charge < -0.3 is 69.3 Å². The minimum atomic E-state index is -1.56. The highest BCUT2D eigenvalue weighted by Crippen LogP contribution is 2.21. The third-order valence-electron chi connectivity index (χ3n) is 11.6. The summed E-state index contributed by atoms with van der Waals surface area (Å²) < 4.78 is 0. The molecule has 0 saturated carbocycles. The first-order valence-electron chi connectivity index (χ1n) is 23.3. The average molecular weight is 999 g/mol. The Balaban J connectivity index is 1.84. The quantitative estimate of drug-likeness (QED) is 0.0404. The topological polar surface area (TPSA) is 368 Å². The Morgan fingerprint density at radius 1 is 0.714 bits per heavy atom. The van der Waals surface area contributed by atoms with Crippen LogP contribution in [0, 0.1) is 5.92 Å². The van der Waals surface area contributed by atoms with E-state index in [-0.39, 0.29) is 50.9 Å². The number of benzene rings is 2. The summed E-state index contributed by atoms with van der Waals surface area (Å²) in [5.74, 6) is -8.08. The van der Waals surface area contributed by atoms with Gasteiger partial charge in [-0.05, 0) is 99.6 Å². The highest BCUT2D eigenvalue weighted by Gasteiger charge is 2.41. The number of likely N-dealkylation sites (tertiary alicyclic amines) is 1. The Kier molecular flexibility index (Phi) is 24.0. The number of aliphatic hydroxyl groups is 1. The lowest BCUT2D eigenvalue weighted by Gasteiger charge is -2.31. The molecule has 15 N–H and O–H groups in total. The van der Waals surface area contributed by atoms with Gasteiger partial charge in [0, 0.05) is 13.0 Å². The molecule has 1 aliphatic heterocycles. The van der Waals surface area contributed by atoms with Crippen LogP contribution in [0.4, 0.5) is 0 Å². The number of rotatable bonds is 29. The molecule has 23 heteroatoms. The number of carbonyl (C=O) groups is 9. The summed E-state index contributed by atoms with van der Waals surface area (Å²) in [6.07, 6.45) is 1.13. The summed E-state index contributed by atoms with van der Waals surface area (Å²) in [5, 5.41) is 45.2. The molecule has 1 heterocycles. The van der Waals surface area contributed by atoms with E-state index in [2.05, 4.69) is 31.9 Å². The van der Waals surface area contributed by atoms with Crippen LogP contribution in [-0.2, 0) is 56.0 Å². The first-order chi connectivity index (χ1) is 33.2. The first kappa shape index (κ1) is 58.0. The molecule has 1 fully saturated rings. The number of unbranched alkanes of at least 4 members (excludes halogenated alkanes) is 1. The number of hydrogen-bond donors (Lipinski definition) is 12. The summed E-state index contributed by atoms with van der Waals surface area (Å²) >= 11 is 1.36. The number of phenols is 1. The van der Waals surface area contributed by atoms with Crippen molar-refractivity contribution in [2.75, 3.05) is 25.1 Å². The van der Waals surface area contributed by atoms with E-state index in [1.165, 1.54) is 35.7 Å². The van der Waals surface area contributed by atoms with Gasteiger partial charge in [0.1, 0.15) is 48.0 Å². The van der Waals surface area contributed by atoms with Crippen LogP contribution in [0.25, 0.3) is 0 Å².